The van der Waals surface area contributed by atoms with Crippen LogP contribution in [0.2, 0.25) is 0 Å². The molecule has 0 saturated carbocycles. The van der Waals surface area contributed by atoms with E-state index in [1.807, 2.05) is 30.3 Å². The molecule has 4 aromatic rings. The summed E-state index contributed by atoms with van der Waals surface area (Å²) in [5.41, 5.74) is 1.15. The number of benzene rings is 4. The largest absolute Gasteiger partial charge is 0.423 e. The maximum absolute atomic E-state index is 14.7. The molecule has 0 aliphatic carbocycles. The number of carbonyl (C=O) groups is 1. The van der Waals surface area contributed by atoms with Crippen LogP contribution < -0.4 is 4.74 Å². The number of hydrogen-bond acceptors (Lipinski definition) is 3. The normalized spacial score (nSPS) is 11.6. The Morgan fingerprint density at radius 1 is 0.833 bits per heavy atom. The Morgan fingerprint density at radius 3 is 1.97 bits per heavy atom. The molecule has 0 saturated heterocycles. The molecule has 0 unspecified atom stereocenters. The molecule has 1 atom stereocenters. The van der Waals surface area contributed by atoms with Gasteiger partial charge >= 0.3 is 5.97 Å². The fourth-order valence-corrected chi connectivity index (χ4v) is 3.89. The Balaban J connectivity index is 1.52. The van der Waals surface area contributed by atoms with Crippen LogP contribution in [0.25, 0.3) is 11.1 Å². The van der Waals surface area contributed by atoms with Gasteiger partial charge in [-0.15, -0.1) is 0 Å². The van der Waals surface area contributed by atoms with E-state index in [0.29, 0.717) is 17.7 Å². The first kappa shape index (κ1) is 24.7. The van der Waals surface area contributed by atoms with Crippen LogP contribution in [-0.2, 0) is 6.42 Å². The van der Waals surface area contributed by atoms with Crippen LogP contribution in [-0.4, -0.2) is 5.97 Å². The zero-order valence-electron chi connectivity index (χ0n) is 19.1. The zero-order chi connectivity index (χ0) is 25.8. The summed E-state index contributed by atoms with van der Waals surface area (Å²) in [6.45, 7) is 2.12. The fraction of sp³-hybridized carbons (Fsp3) is 0.103. The predicted molar refractivity (Wildman–Crippen MR) is 126 cm³/mol. The maximum Gasteiger partial charge on any atom is 0.349 e. The third-order valence-corrected chi connectivity index (χ3v) is 5.78. The average molecular weight is 489 g/mol. The standard InChI is InChI=1S/C29H19F4NO2/c1-17(19-5-3-2-4-6-19)11-18-7-9-20(10-8-18)21-12-26(32)28(27(33)13-21)29(35)36-22-14-24(30)23(16-34)25(31)15-22/h2-10,12-15,17H,11H2,1H3/t17-/m1/s1. The van der Waals surface area contributed by atoms with Gasteiger partial charge in [0.2, 0.25) is 0 Å². The molecule has 7 heteroatoms. The second-order valence-corrected chi connectivity index (χ2v) is 8.29. The van der Waals surface area contributed by atoms with Crippen molar-refractivity contribution in [2.75, 3.05) is 0 Å². The lowest BCUT2D eigenvalue weighted by Crippen LogP contribution is -2.14. The van der Waals surface area contributed by atoms with Gasteiger partial charge < -0.3 is 4.74 Å². The van der Waals surface area contributed by atoms with Crippen molar-refractivity contribution in [2.45, 2.75) is 19.3 Å². The van der Waals surface area contributed by atoms with Crippen LogP contribution in [0.4, 0.5) is 17.6 Å². The van der Waals surface area contributed by atoms with Crippen molar-refractivity contribution in [2.24, 2.45) is 0 Å². The number of nitrogens with zero attached hydrogens (tertiary/aromatic N) is 1. The molecule has 0 bridgehead atoms. The van der Waals surface area contributed by atoms with E-state index in [0.717, 1.165) is 24.1 Å². The summed E-state index contributed by atoms with van der Waals surface area (Å²) in [6, 6.07) is 21.8. The summed E-state index contributed by atoms with van der Waals surface area (Å²) in [4.78, 5) is 12.3. The van der Waals surface area contributed by atoms with Gasteiger partial charge in [0.1, 0.15) is 46.2 Å². The lowest BCUT2D eigenvalue weighted by Gasteiger charge is -2.13. The van der Waals surface area contributed by atoms with Crippen LogP contribution in [0.1, 0.15) is 39.9 Å². The van der Waals surface area contributed by atoms with Gasteiger partial charge in [0, 0.05) is 12.1 Å². The van der Waals surface area contributed by atoms with Crippen molar-refractivity contribution in [3.8, 4) is 22.9 Å². The summed E-state index contributed by atoms with van der Waals surface area (Å²) in [5, 5.41) is 8.71. The Labute approximate surface area is 205 Å². The van der Waals surface area contributed by atoms with Gasteiger partial charge in [-0.25, -0.2) is 22.4 Å². The molecule has 0 aliphatic heterocycles. The topological polar surface area (TPSA) is 50.1 Å². The van der Waals surface area contributed by atoms with Crippen molar-refractivity contribution in [1.82, 2.24) is 0 Å². The van der Waals surface area contributed by atoms with E-state index in [1.54, 1.807) is 12.1 Å². The number of esters is 1. The van der Waals surface area contributed by atoms with E-state index in [2.05, 4.69) is 19.1 Å². The molecule has 36 heavy (non-hydrogen) atoms. The minimum absolute atomic E-state index is 0.208. The molecule has 0 aromatic heterocycles. The van der Waals surface area contributed by atoms with Crippen molar-refractivity contribution >= 4 is 5.97 Å². The van der Waals surface area contributed by atoms with Crippen molar-refractivity contribution in [1.29, 1.82) is 5.26 Å². The van der Waals surface area contributed by atoms with Crippen LogP contribution in [0, 0.1) is 34.6 Å². The first-order valence-corrected chi connectivity index (χ1v) is 11.0. The molecule has 0 aliphatic rings. The van der Waals surface area contributed by atoms with Gasteiger partial charge in [-0.1, -0.05) is 61.5 Å². The van der Waals surface area contributed by atoms with Gasteiger partial charge in [0.25, 0.3) is 0 Å². The van der Waals surface area contributed by atoms with Crippen molar-refractivity contribution < 1.29 is 27.1 Å². The predicted octanol–water partition coefficient (Wildman–Crippen LogP) is 7.35. The first-order chi connectivity index (χ1) is 17.3. The van der Waals surface area contributed by atoms with E-state index in [4.69, 9.17) is 10.00 Å². The number of ether oxygens (including phenoxy) is 1. The van der Waals surface area contributed by atoms with Crippen LogP contribution in [0.15, 0.2) is 78.9 Å². The molecule has 180 valence electrons. The Bertz CT molecular complexity index is 1420. The molecular weight excluding hydrogens is 470 g/mol. The van der Waals surface area contributed by atoms with E-state index in [9.17, 15) is 22.4 Å². The third kappa shape index (κ3) is 5.28. The van der Waals surface area contributed by atoms with Crippen molar-refractivity contribution in [3.63, 3.8) is 0 Å². The highest BCUT2D eigenvalue weighted by molar-refractivity contribution is 5.92. The summed E-state index contributed by atoms with van der Waals surface area (Å²) in [5.74, 6) is -6.72. The lowest BCUT2D eigenvalue weighted by atomic mass is 9.93. The highest BCUT2D eigenvalue weighted by atomic mass is 19.1. The maximum atomic E-state index is 14.7. The highest BCUT2D eigenvalue weighted by Gasteiger charge is 2.23. The summed E-state index contributed by atoms with van der Waals surface area (Å²) in [6.07, 6.45) is 0.786. The number of hydrogen-bond donors (Lipinski definition) is 0. The molecule has 0 amide bonds. The van der Waals surface area contributed by atoms with Crippen LogP contribution in [0.3, 0.4) is 0 Å². The number of nitriles is 1. The summed E-state index contributed by atoms with van der Waals surface area (Å²) < 4.78 is 61.7. The van der Waals surface area contributed by atoms with E-state index in [1.165, 1.54) is 11.6 Å². The summed E-state index contributed by atoms with van der Waals surface area (Å²) in [7, 11) is 0. The second kappa shape index (κ2) is 10.4. The minimum atomic E-state index is -1.47. The molecular formula is C29H19F4NO2. The monoisotopic (exact) mass is 489 g/mol. The van der Waals surface area contributed by atoms with Crippen LogP contribution >= 0.6 is 0 Å². The molecule has 0 fully saturated rings. The minimum Gasteiger partial charge on any atom is -0.423 e. The Hall–Kier alpha value is -4.44. The second-order valence-electron chi connectivity index (χ2n) is 8.29. The zero-order valence-corrected chi connectivity index (χ0v) is 19.1. The Kier molecular flexibility index (Phi) is 7.16. The van der Waals surface area contributed by atoms with Crippen molar-refractivity contribution in [3.05, 3.63) is 124 Å². The summed E-state index contributed by atoms with van der Waals surface area (Å²) >= 11 is 0. The molecule has 4 aromatic carbocycles. The van der Waals surface area contributed by atoms with Gasteiger partial charge in [-0.2, -0.15) is 5.26 Å². The van der Waals surface area contributed by atoms with E-state index in [-0.39, 0.29) is 11.5 Å². The van der Waals surface area contributed by atoms with Gasteiger partial charge in [0.15, 0.2) is 0 Å². The number of rotatable bonds is 6. The molecule has 0 radical (unpaired) electrons. The molecule has 0 spiro atoms. The SMILES string of the molecule is C[C@H](Cc1ccc(-c2cc(F)c(C(=O)Oc3cc(F)c(C#N)c(F)c3)c(F)c2)cc1)c1ccccc1. The molecule has 4 rings (SSSR count). The molecule has 3 nitrogen and oxygen atoms in total. The molecule has 0 N–H and O–H groups in total. The quantitative estimate of drug-likeness (QED) is 0.162. The fourth-order valence-electron chi connectivity index (χ4n) is 3.89. The average Bonchev–Trinajstić information content (AvgIpc) is 2.84. The molecule has 0 heterocycles. The number of halogens is 4. The third-order valence-electron chi connectivity index (χ3n) is 5.78. The van der Waals surface area contributed by atoms with E-state index >= 15 is 0 Å². The Morgan fingerprint density at radius 2 is 1.42 bits per heavy atom. The van der Waals surface area contributed by atoms with Gasteiger partial charge in [-0.05, 0) is 46.7 Å². The first-order valence-electron chi connectivity index (χ1n) is 11.0. The lowest BCUT2D eigenvalue weighted by molar-refractivity contribution is 0.0724. The van der Waals surface area contributed by atoms with E-state index < -0.39 is 46.1 Å². The van der Waals surface area contributed by atoms with Gasteiger partial charge in [-0.3, -0.25) is 0 Å². The van der Waals surface area contributed by atoms with Crippen LogP contribution in [0.5, 0.6) is 5.75 Å². The number of carbonyl (C=O) groups excluding carboxylic acids is 1. The smallest absolute Gasteiger partial charge is 0.349 e. The highest BCUT2D eigenvalue weighted by Crippen LogP contribution is 2.28. The van der Waals surface area contributed by atoms with Gasteiger partial charge in [0.05, 0.1) is 0 Å².